The number of likely N-dealkylation sites (tertiary alicyclic amines) is 1. The maximum absolute atomic E-state index is 12.3. The van der Waals surface area contributed by atoms with Gasteiger partial charge in [-0.2, -0.15) is 0 Å². The molecule has 1 saturated heterocycles. The molecule has 1 aliphatic rings. The Morgan fingerprint density at radius 1 is 1.48 bits per heavy atom. The molecule has 1 fully saturated rings. The molecule has 1 aromatic heterocycles. The third kappa shape index (κ3) is 2.84. The van der Waals surface area contributed by atoms with Gasteiger partial charge in [0, 0.05) is 23.6 Å². The van der Waals surface area contributed by atoms with Crippen LogP contribution in [-0.2, 0) is 0 Å². The average molecular weight is 350 g/mol. The maximum Gasteiger partial charge on any atom is 0.276 e. The predicted octanol–water partition coefficient (Wildman–Crippen LogP) is 1.51. The van der Waals surface area contributed by atoms with Crippen LogP contribution in [0.5, 0.6) is 0 Å². The van der Waals surface area contributed by atoms with Crippen LogP contribution in [0.3, 0.4) is 0 Å². The molecule has 2 N–H and O–H groups in total. The Labute approximate surface area is 131 Å². The number of halogens is 1. The lowest BCUT2D eigenvalue weighted by atomic mass is 10.2. The fourth-order valence-electron chi connectivity index (χ4n) is 2.39. The van der Waals surface area contributed by atoms with E-state index in [1.807, 2.05) is 25.1 Å². The van der Waals surface area contributed by atoms with E-state index in [9.17, 15) is 4.79 Å². The second-order valence-electron chi connectivity index (χ2n) is 5.28. The van der Waals surface area contributed by atoms with Crippen LogP contribution in [0.1, 0.15) is 22.5 Å². The van der Waals surface area contributed by atoms with Gasteiger partial charge >= 0.3 is 0 Å². The van der Waals surface area contributed by atoms with Gasteiger partial charge in [-0.05, 0) is 37.1 Å². The molecule has 110 valence electrons. The molecular weight excluding hydrogens is 334 g/mol. The molecule has 0 saturated carbocycles. The fourth-order valence-corrected chi connectivity index (χ4v) is 2.64. The highest BCUT2D eigenvalue weighted by Gasteiger charge is 2.26. The van der Waals surface area contributed by atoms with Crippen LogP contribution in [0.4, 0.5) is 0 Å². The summed E-state index contributed by atoms with van der Waals surface area (Å²) in [6.45, 7) is 3.27. The van der Waals surface area contributed by atoms with E-state index in [0.29, 0.717) is 18.8 Å². The Hall–Kier alpha value is -1.73. The van der Waals surface area contributed by atoms with Gasteiger partial charge in [0.25, 0.3) is 5.91 Å². The zero-order chi connectivity index (χ0) is 15.0. The van der Waals surface area contributed by atoms with Crippen molar-refractivity contribution in [3.63, 3.8) is 0 Å². The molecule has 0 aliphatic carbocycles. The number of amides is 1. The van der Waals surface area contributed by atoms with Crippen molar-refractivity contribution in [3.8, 4) is 5.69 Å². The first kappa shape index (κ1) is 14.2. The van der Waals surface area contributed by atoms with Crippen molar-refractivity contribution < 1.29 is 4.79 Å². The number of hydrogen-bond donors (Lipinski definition) is 1. The molecule has 1 unspecified atom stereocenters. The first-order valence-electron chi connectivity index (χ1n) is 6.78. The highest BCUT2D eigenvalue weighted by molar-refractivity contribution is 9.10. The monoisotopic (exact) mass is 349 g/mol. The third-order valence-corrected chi connectivity index (χ3v) is 4.52. The number of carbonyl (C=O) groups is 1. The van der Waals surface area contributed by atoms with E-state index in [1.54, 1.807) is 15.8 Å². The Kier molecular flexibility index (Phi) is 3.77. The average Bonchev–Trinajstić information content (AvgIpc) is 3.10. The van der Waals surface area contributed by atoms with E-state index in [-0.39, 0.29) is 11.9 Å². The minimum atomic E-state index is -0.108. The number of hydrogen-bond acceptors (Lipinski definition) is 4. The SMILES string of the molecule is Cc1cc(-n2cc(C(=O)N3CCC(N)C3)nn2)ccc1Br. The summed E-state index contributed by atoms with van der Waals surface area (Å²) in [6.07, 6.45) is 2.50. The van der Waals surface area contributed by atoms with Crippen molar-refractivity contribution in [2.75, 3.05) is 13.1 Å². The molecular formula is C14H16BrN5O. The van der Waals surface area contributed by atoms with E-state index < -0.39 is 0 Å². The smallest absolute Gasteiger partial charge is 0.276 e. The summed E-state index contributed by atoms with van der Waals surface area (Å²) in [6, 6.07) is 5.93. The molecule has 0 radical (unpaired) electrons. The summed E-state index contributed by atoms with van der Waals surface area (Å²) in [5, 5.41) is 8.02. The van der Waals surface area contributed by atoms with Crippen LogP contribution in [0, 0.1) is 6.92 Å². The number of benzene rings is 1. The predicted molar refractivity (Wildman–Crippen MR) is 82.3 cm³/mol. The molecule has 1 atom stereocenters. The lowest BCUT2D eigenvalue weighted by Gasteiger charge is -2.13. The molecule has 7 heteroatoms. The van der Waals surface area contributed by atoms with Gasteiger partial charge in [0.1, 0.15) is 0 Å². The molecule has 2 aromatic rings. The van der Waals surface area contributed by atoms with Gasteiger partial charge in [0.05, 0.1) is 11.9 Å². The van der Waals surface area contributed by atoms with Gasteiger partial charge in [-0.25, -0.2) is 4.68 Å². The van der Waals surface area contributed by atoms with Gasteiger partial charge in [-0.15, -0.1) is 5.10 Å². The molecule has 3 rings (SSSR count). The van der Waals surface area contributed by atoms with Crippen LogP contribution < -0.4 is 5.73 Å². The highest BCUT2D eigenvalue weighted by Crippen LogP contribution is 2.19. The van der Waals surface area contributed by atoms with Crippen LogP contribution in [0.25, 0.3) is 5.69 Å². The molecule has 21 heavy (non-hydrogen) atoms. The van der Waals surface area contributed by atoms with Crippen LogP contribution in [0.15, 0.2) is 28.9 Å². The van der Waals surface area contributed by atoms with E-state index in [2.05, 4.69) is 26.2 Å². The van der Waals surface area contributed by atoms with Crippen molar-refractivity contribution in [2.24, 2.45) is 5.73 Å². The molecule has 0 bridgehead atoms. The molecule has 1 amide bonds. The molecule has 6 nitrogen and oxygen atoms in total. The Morgan fingerprint density at radius 3 is 2.95 bits per heavy atom. The summed E-state index contributed by atoms with van der Waals surface area (Å²) in [7, 11) is 0. The topological polar surface area (TPSA) is 77.0 Å². The Balaban J connectivity index is 1.82. The minimum Gasteiger partial charge on any atom is -0.336 e. The molecule has 1 aliphatic heterocycles. The van der Waals surface area contributed by atoms with E-state index in [4.69, 9.17) is 5.73 Å². The molecule has 0 spiro atoms. The summed E-state index contributed by atoms with van der Waals surface area (Å²) < 4.78 is 2.65. The lowest BCUT2D eigenvalue weighted by molar-refractivity contribution is 0.0785. The lowest BCUT2D eigenvalue weighted by Crippen LogP contribution is -2.32. The highest BCUT2D eigenvalue weighted by atomic mass is 79.9. The van der Waals surface area contributed by atoms with Crippen molar-refractivity contribution >= 4 is 21.8 Å². The number of nitrogens with two attached hydrogens (primary N) is 1. The van der Waals surface area contributed by atoms with Gasteiger partial charge in [-0.1, -0.05) is 21.1 Å². The van der Waals surface area contributed by atoms with Crippen LogP contribution in [-0.4, -0.2) is 44.9 Å². The third-order valence-electron chi connectivity index (χ3n) is 3.63. The quantitative estimate of drug-likeness (QED) is 0.891. The minimum absolute atomic E-state index is 0.0677. The van der Waals surface area contributed by atoms with Gasteiger partial charge in [-0.3, -0.25) is 4.79 Å². The zero-order valence-electron chi connectivity index (χ0n) is 11.7. The van der Waals surface area contributed by atoms with Gasteiger partial charge < -0.3 is 10.6 Å². The molecule has 2 heterocycles. The largest absolute Gasteiger partial charge is 0.336 e. The van der Waals surface area contributed by atoms with E-state index in [0.717, 1.165) is 22.1 Å². The maximum atomic E-state index is 12.3. The number of carbonyl (C=O) groups excluding carboxylic acids is 1. The summed E-state index contributed by atoms with van der Waals surface area (Å²) >= 11 is 3.46. The molecule has 1 aromatic carbocycles. The van der Waals surface area contributed by atoms with Gasteiger partial charge in [0.2, 0.25) is 0 Å². The van der Waals surface area contributed by atoms with Crippen molar-refractivity contribution in [1.82, 2.24) is 19.9 Å². The Bertz CT molecular complexity index is 684. The Morgan fingerprint density at radius 2 is 2.29 bits per heavy atom. The van der Waals surface area contributed by atoms with Gasteiger partial charge in [0.15, 0.2) is 5.69 Å². The standard InChI is InChI=1S/C14H16BrN5O/c1-9-6-11(2-3-12(9)15)20-8-13(17-18-20)14(21)19-5-4-10(16)7-19/h2-3,6,8,10H,4-5,7,16H2,1H3. The van der Waals surface area contributed by atoms with Crippen LogP contribution >= 0.6 is 15.9 Å². The normalized spacial score (nSPS) is 18.2. The number of rotatable bonds is 2. The second-order valence-corrected chi connectivity index (χ2v) is 6.14. The van der Waals surface area contributed by atoms with Crippen molar-refractivity contribution in [2.45, 2.75) is 19.4 Å². The number of aromatic nitrogens is 3. The van der Waals surface area contributed by atoms with E-state index in [1.165, 1.54) is 0 Å². The summed E-state index contributed by atoms with van der Waals surface area (Å²) in [5.41, 5.74) is 8.15. The second kappa shape index (κ2) is 5.57. The van der Waals surface area contributed by atoms with E-state index >= 15 is 0 Å². The van der Waals surface area contributed by atoms with Crippen molar-refractivity contribution in [1.29, 1.82) is 0 Å². The number of nitrogens with zero attached hydrogens (tertiary/aromatic N) is 4. The fraction of sp³-hybridized carbons (Fsp3) is 0.357. The first-order chi connectivity index (χ1) is 10.0. The van der Waals surface area contributed by atoms with Crippen LogP contribution in [0.2, 0.25) is 0 Å². The number of aryl methyl sites for hydroxylation is 1. The zero-order valence-corrected chi connectivity index (χ0v) is 13.2. The first-order valence-corrected chi connectivity index (χ1v) is 7.57. The van der Waals surface area contributed by atoms with Crippen molar-refractivity contribution in [3.05, 3.63) is 40.1 Å². The summed E-state index contributed by atoms with van der Waals surface area (Å²) in [5.74, 6) is -0.108. The summed E-state index contributed by atoms with van der Waals surface area (Å²) in [4.78, 5) is 14.0.